The Labute approximate surface area is 115 Å². The van der Waals surface area contributed by atoms with Crippen LogP contribution in [0.4, 0.5) is 17.1 Å². The number of nitrogen functional groups attached to an aromatic ring is 1. The smallest absolute Gasteiger partial charge is 0.160 e. The van der Waals surface area contributed by atoms with Crippen LogP contribution in [0, 0.1) is 0 Å². The number of benzene rings is 2. The molecule has 0 saturated carbocycles. The van der Waals surface area contributed by atoms with Gasteiger partial charge < -0.3 is 15.8 Å². The number of nitrogens with two attached hydrogens (primary N) is 1. The lowest BCUT2D eigenvalue weighted by atomic mass is 10.2. The second-order valence-corrected chi connectivity index (χ2v) is 4.25. The molecule has 0 bridgehead atoms. The van der Waals surface area contributed by atoms with Gasteiger partial charge in [0, 0.05) is 11.8 Å². The van der Waals surface area contributed by atoms with E-state index in [9.17, 15) is 0 Å². The number of aromatic nitrogens is 2. The molecule has 0 amide bonds. The Hall–Kier alpha value is -2.76. The SMILES string of the molecule is CCOc1cccc(Nc2ccc(N)c3nonc23)c1. The van der Waals surface area contributed by atoms with Gasteiger partial charge in [0.2, 0.25) is 0 Å². The van der Waals surface area contributed by atoms with E-state index >= 15 is 0 Å². The van der Waals surface area contributed by atoms with E-state index in [1.807, 2.05) is 37.3 Å². The second-order valence-electron chi connectivity index (χ2n) is 4.25. The molecule has 0 unspecified atom stereocenters. The van der Waals surface area contributed by atoms with Crippen LogP contribution in [0.15, 0.2) is 41.0 Å². The lowest BCUT2D eigenvalue weighted by Crippen LogP contribution is -1.95. The van der Waals surface area contributed by atoms with Gasteiger partial charge in [-0.1, -0.05) is 6.07 Å². The summed E-state index contributed by atoms with van der Waals surface area (Å²) in [5.41, 5.74) is 9.18. The molecule has 3 N–H and O–H groups in total. The Balaban J connectivity index is 1.95. The van der Waals surface area contributed by atoms with Gasteiger partial charge in [0.15, 0.2) is 11.0 Å². The number of fused-ring (bicyclic) bond motifs is 1. The maximum absolute atomic E-state index is 5.82. The molecular weight excluding hydrogens is 256 g/mol. The van der Waals surface area contributed by atoms with Gasteiger partial charge in [-0.05, 0) is 41.5 Å². The Bertz CT molecular complexity index is 739. The number of ether oxygens (including phenoxy) is 1. The van der Waals surface area contributed by atoms with Gasteiger partial charge in [0.25, 0.3) is 0 Å². The molecule has 3 rings (SSSR count). The third kappa shape index (κ3) is 2.23. The number of nitrogens with zero attached hydrogens (tertiary/aromatic N) is 2. The minimum Gasteiger partial charge on any atom is -0.494 e. The molecule has 0 aliphatic carbocycles. The second kappa shape index (κ2) is 5.08. The van der Waals surface area contributed by atoms with Crippen LogP contribution in [0.3, 0.4) is 0 Å². The van der Waals surface area contributed by atoms with Crippen LogP contribution in [0.25, 0.3) is 11.0 Å². The van der Waals surface area contributed by atoms with Gasteiger partial charge in [-0.25, -0.2) is 4.63 Å². The van der Waals surface area contributed by atoms with Gasteiger partial charge in [0.1, 0.15) is 5.75 Å². The first-order valence-electron chi connectivity index (χ1n) is 6.28. The maximum Gasteiger partial charge on any atom is 0.160 e. The largest absolute Gasteiger partial charge is 0.494 e. The number of nitrogens with one attached hydrogen (secondary N) is 1. The molecule has 2 aromatic carbocycles. The fraction of sp³-hybridized carbons (Fsp3) is 0.143. The lowest BCUT2D eigenvalue weighted by molar-refractivity contribution is 0.316. The number of rotatable bonds is 4. The van der Waals surface area contributed by atoms with Crippen molar-refractivity contribution in [3.8, 4) is 5.75 Å². The lowest BCUT2D eigenvalue weighted by Gasteiger charge is -2.09. The predicted octanol–water partition coefficient (Wildman–Crippen LogP) is 2.95. The summed E-state index contributed by atoms with van der Waals surface area (Å²) in [4.78, 5) is 0. The highest BCUT2D eigenvalue weighted by atomic mass is 16.6. The average Bonchev–Trinajstić information content (AvgIpc) is 2.93. The summed E-state index contributed by atoms with van der Waals surface area (Å²) in [5.74, 6) is 0.808. The average molecular weight is 270 g/mol. The highest BCUT2D eigenvalue weighted by Gasteiger charge is 2.10. The molecule has 102 valence electrons. The van der Waals surface area contributed by atoms with Crippen molar-refractivity contribution in [2.24, 2.45) is 0 Å². The molecular formula is C14H14N4O2. The van der Waals surface area contributed by atoms with Crippen LogP contribution in [0.5, 0.6) is 5.75 Å². The van der Waals surface area contributed by atoms with Crippen molar-refractivity contribution in [3.63, 3.8) is 0 Å². The first kappa shape index (κ1) is 12.3. The quantitative estimate of drug-likeness (QED) is 0.709. The van der Waals surface area contributed by atoms with Crippen molar-refractivity contribution in [3.05, 3.63) is 36.4 Å². The van der Waals surface area contributed by atoms with E-state index in [0.717, 1.165) is 17.1 Å². The van der Waals surface area contributed by atoms with E-state index in [2.05, 4.69) is 15.6 Å². The maximum atomic E-state index is 5.82. The molecule has 0 fully saturated rings. The first-order chi connectivity index (χ1) is 9.78. The topological polar surface area (TPSA) is 86.2 Å². The predicted molar refractivity (Wildman–Crippen MR) is 77.1 cm³/mol. The van der Waals surface area contributed by atoms with Crippen LogP contribution in [-0.2, 0) is 0 Å². The summed E-state index contributed by atoms with van der Waals surface area (Å²) in [7, 11) is 0. The van der Waals surface area contributed by atoms with Crippen molar-refractivity contribution < 1.29 is 9.37 Å². The fourth-order valence-electron chi connectivity index (χ4n) is 1.97. The van der Waals surface area contributed by atoms with Crippen molar-refractivity contribution in [2.45, 2.75) is 6.92 Å². The van der Waals surface area contributed by atoms with Crippen LogP contribution >= 0.6 is 0 Å². The standard InChI is InChI=1S/C14H14N4O2/c1-2-19-10-5-3-4-9(8-10)16-12-7-6-11(15)13-14(12)18-20-17-13/h3-8,16H,2,15H2,1H3. The van der Waals surface area contributed by atoms with Crippen molar-refractivity contribution in [1.29, 1.82) is 0 Å². The molecule has 1 aromatic heterocycles. The highest BCUT2D eigenvalue weighted by molar-refractivity contribution is 5.96. The van der Waals surface area contributed by atoms with Crippen molar-refractivity contribution in [2.75, 3.05) is 17.7 Å². The van der Waals surface area contributed by atoms with E-state index in [4.69, 9.17) is 15.1 Å². The van der Waals surface area contributed by atoms with Gasteiger partial charge >= 0.3 is 0 Å². The Morgan fingerprint density at radius 3 is 2.90 bits per heavy atom. The summed E-state index contributed by atoms with van der Waals surface area (Å²) in [6.45, 7) is 2.58. The monoisotopic (exact) mass is 270 g/mol. The summed E-state index contributed by atoms with van der Waals surface area (Å²) < 4.78 is 10.2. The van der Waals surface area contributed by atoms with E-state index in [-0.39, 0.29) is 0 Å². The van der Waals surface area contributed by atoms with Crippen molar-refractivity contribution >= 4 is 28.1 Å². The molecule has 0 radical (unpaired) electrons. The summed E-state index contributed by atoms with van der Waals surface area (Å²) >= 11 is 0. The summed E-state index contributed by atoms with van der Waals surface area (Å²) in [6.07, 6.45) is 0. The minimum absolute atomic E-state index is 0.537. The molecule has 0 aliphatic heterocycles. The number of hydrogen-bond acceptors (Lipinski definition) is 6. The molecule has 3 aromatic rings. The Morgan fingerprint density at radius 2 is 2.05 bits per heavy atom. The molecule has 0 spiro atoms. The van der Waals surface area contributed by atoms with Crippen LogP contribution < -0.4 is 15.8 Å². The zero-order valence-electron chi connectivity index (χ0n) is 11.0. The molecule has 0 saturated heterocycles. The van der Waals surface area contributed by atoms with E-state index < -0.39 is 0 Å². The highest BCUT2D eigenvalue weighted by Crippen LogP contribution is 2.28. The first-order valence-corrected chi connectivity index (χ1v) is 6.28. The molecule has 0 aliphatic rings. The zero-order valence-corrected chi connectivity index (χ0v) is 11.0. The van der Waals surface area contributed by atoms with Crippen molar-refractivity contribution in [1.82, 2.24) is 10.3 Å². The van der Waals surface area contributed by atoms with E-state index in [1.165, 1.54) is 0 Å². The van der Waals surface area contributed by atoms with E-state index in [0.29, 0.717) is 23.3 Å². The van der Waals surface area contributed by atoms with E-state index in [1.54, 1.807) is 6.07 Å². The Kier molecular flexibility index (Phi) is 3.12. The van der Waals surface area contributed by atoms with Gasteiger partial charge in [0.05, 0.1) is 18.0 Å². The van der Waals surface area contributed by atoms with Gasteiger partial charge in [-0.2, -0.15) is 0 Å². The fourth-order valence-corrected chi connectivity index (χ4v) is 1.97. The zero-order chi connectivity index (χ0) is 13.9. The molecule has 6 heteroatoms. The third-order valence-electron chi connectivity index (χ3n) is 2.87. The molecule has 0 atom stereocenters. The van der Waals surface area contributed by atoms with Crippen LogP contribution in [-0.4, -0.2) is 16.9 Å². The Morgan fingerprint density at radius 1 is 1.20 bits per heavy atom. The molecule has 20 heavy (non-hydrogen) atoms. The molecule has 1 heterocycles. The van der Waals surface area contributed by atoms with Crippen LogP contribution in [0.1, 0.15) is 6.92 Å². The normalized spacial score (nSPS) is 10.7. The number of anilines is 3. The number of hydrogen-bond donors (Lipinski definition) is 2. The minimum atomic E-state index is 0.537. The van der Waals surface area contributed by atoms with Crippen LogP contribution in [0.2, 0.25) is 0 Å². The third-order valence-corrected chi connectivity index (χ3v) is 2.87. The van der Waals surface area contributed by atoms with Gasteiger partial charge in [-0.3, -0.25) is 0 Å². The van der Waals surface area contributed by atoms with Gasteiger partial charge in [-0.15, -0.1) is 0 Å². The molecule has 6 nitrogen and oxygen atoms in total. The summed E-state index contributed by atoms with van der Waals surface area (Å²) in [6, 6.07) is 11.3. The summed E-state index contributed by atoms with van der Waals surface area (Å²) in [5, 5.41) is 10.9.